The molecule has 0 aliphatic heterocycles. The van der Waals surface area contributed by atoms with E-state index in [2.05, 4.69) is 29.4 Å². The summed E-state index contributed by atoms with van der Waals surface area (Å²) in [6, 6.07) is 14.2. The lowest BCUT2D eigenvalue weighted by molar-refractivity contribution is 0.283. The van der Waals surface area contributed by atoms with Crippen molar-refractivity contribution in [1.29, 1.82) is 0 Å². The van der Waals surface area contributed by atoms with Gasteiger partial charge in [-0.15, -0.1) is 11.3 Å². The number of hydrogen-bond acceptors (Lipinski definition) is 5. The summed E-state index contributed by atoms with van der Waals surface area (Å²) in [6.07, 6.45) is 1.79. The molecule has 0 saturated carbocycles. The van der Waals surface area contributed by atoms with Crippen LogP contribution in [-0.4, -0.2) is 12.1 Å². The lowest BCUT2D eigenvalue weighted by Gasteiger charge is -2.13. The summed E-state index contributed by atoms with van der Waals surface area (Å²) in [5.41, 5.74) is 3.51. The van der Waals surface area contributed by atoms with Crippen molar-refractivity contribution in [2.75, 3.05) is 12.4 Å². The van der Waals surface area contributed by atoms with E-state index in [0.29, 0.717) is 13.2 Å². The zero-order chi connectivity index (χ0) is 16.8. The summed E-state index contributed by atoms with van der Waals surface area (Å²) in [7, 11) is 1.66. The molecule has 0 unspecified atom stereocenters. The van der Waals surface area contributed by atoms with Crippen LogP contribution in [0, 0.1) is 6.92 Å². The Morgan fingerprint density at radius 3 is 2.75 bits per heavy atom. The van der Waals surface area contributed by atoms with Crippen LogP contribution in [0.1, 0.15) is 16.7 Å². The van der Waals surface area contributed by atoms with E-state index in [4.69, 9.17) is 9.47 Å². The third-order valence-corrected chi connectivity index (χ3v) is 4.48. The van der Waals surface area contributed by atoms with E-state index in [1.807, 2.05) is 35.7 Å². The number of hydrogen-bond donors (Lipinski definition) is 1. The molecule has 0 fully saturated rings. The minimum absolute atomic E-state index is 0.528. The molecule has 1 N–H and O–H groups in total. The molecule has 124 valence electrons. The van der Waals surface area contributed by atoms with Crippen LogP contribution in [0.4, 0.5) is 5.13 Å². The highest BCUT2D eigenvalue weighted by atomic mass is 32.1. The van der Waals surface area contributed by atoms with E-state index in [1.165, 1.54) is 11.1 Å². The number of aryl methyl sites for hydroxylation is 1. The molecule has 0 spiro atoms. The van der Waals surface area contributed by atoms with Gasteiger partial charge in [-0.1, -0.05) is 30.3 Å². The number of ether oxygens (including phenoxy) is 2. The Morgan fingerprint density at radius 1 is 1.12 bits per heavy atom. The first kappa shape index (κ1) is 16.3. The number of methoxy groups -OCH3 is 1. The SMILES string of the molecule is COc1cc(CNc2nccs2)ccc1OCc1ccccc1C. The van der Waals surface area contributed by atoms with Gasteiger partial charge in [0.1, 0.15) is 6.61 Å². The lowest BCUT2D eigenvalue weighted by atomic mass is 10.1. The molecule has 0 radical (unpaired) electrons. The van der Waals surface area contributed by atoms with Gasteiger partial charge in [0.25, 0.3) is 0 Å². The maximum absolute atomic E-state index is 5.94. The third kappa shape index (κ3) is 4.06. The van der Waals surface area contributed by atoms with E-state index in [1.54, 1.807) is 24.6 Å². The standard InChI is InChI=1S/C19H20N2O2S/c1-14-5-3-4-6-16(14)13-23-17-8-7-15(11-18(17)22-2)12-21-19-20-9-10-24-19/h3-11H,12-13H2,1-2H3,(H,20,21). The quantitative estimate of drug-likeness (QED) is 0.680. The molecule has 1 heterocycles. The molecule has 4 nitrogen and oxygen atoms in total. The smallest absolute Gasteiger partial charge is 0.182 e. The summed E-state index contributed by atoms with van der Waals surface area (Å²) in [5, 5.41) is 6.15. The van der Waals surface area contributed by atoms with Gasteiger partial charge in [0, 0.05) is 18.1 Å². The maximum Gasteiger partial charge on any atom is 0.182 e. The number of nitrogens with zero attached hydrogens (tertiary/aromatic N) is 1. The van der Waals surface area contributed by atoms with Crippen molar-refractivity contribution in [3.05, 3.63) is 70.7 Å². The van der Waals surface area contributed by atoms with Crippen molar-refractivity contribution in [2.24, 2.45) is 0 Å². The number of rotatable bonds is 7. The number of benzene rings is 2. The Balaban J connectivity index is 1.66. The van der Waals surface area contributed by atoms with Crippen LogP contribution in [-0.2, 0) is 13.2 Å². The van der Waals surface area contributed by atoms with Crippen LogP contribution in [0.5, 0.6) is 11.5 Å². The average molecular weight is 340 g/mol. The summed E-state index contributed by atoms with van der Waals surface area (Å²) in [5.74, 6) is 1.49. The normalized spacial score (nSPS) is 10.4. The Hall–Kier alpha value is -2.53. The molecule has 3 rings (SSSR count). The van der Waals surface area contributed by atoms with E-state index < -0.39 is 0 Å². The van der Waals surface area contributed by atoms with Gasteiger partial charge in [0.05, 0.1) is 7.11 Å². The fourth-order valence-electron chi connectivity index (χ4n) is 2.36. The van der Waals surface area contributed by atoms with E-state index in [0.717, 1.165) is 22.2 Å². The fraction of sp³-hybridized carbons (Fsp3) is 0.211. The van der Waals surface area contributed by atoms with Gasteiger partial charge in [-0.25, -0.2) is 4.98 Å². The van der Waals surface area contributed by atoms with E-state index in [-0.39, 0.29) is 0 Å². The van der Waals surface area contributed by atoms with Crippen molar-refractivity contribution in [3.8, 4) is 11.5 Å². The minimum atomic E-state index is 0.528. The number of anilines is 1. The average Bonchev–Trinajstić information content (AvgIpc) is 3.13. The predicted molar refractivity (Wildman–Crippen MR) is 97.9 cm³/mol. The van der Waals surface area contributed by atoms with Gasteiger partial charge >= 0.3 is 0 Å². The highest BCUT2D eigenvalue weighted by Crippen LogP contribution is 2.29. The highest BCUT2D eigenvalue weighted by molar-refractivity contribution is 7.13. The first-order valence-corrected chi connectivity index (χ1v) is 8.62. The molecule has 0 bridgehead atoms. The second-order valence-corrected chi connectivity index (χ2v) is 6.29. The highest BCUT2D eigenvalue weighted by Gasteiger charge is 2.07. The molecule has 5 heteroatoms. The maximum atomic E-state index is 5.94. The second kappa shape index (κ2) is 7.84. The molecule has 1 aromatic heterocycles. The Morgan fingerprint density at radius 2 is 2.00 bits per heavy atom. The van der Waals surface area contributed by atoms with Crippen molar-refractivity contribution >= 4 is 16.5 Å². The Kier molecular flexibility index (Phi) is 5.33. The molecule has 2 aromatic carbocycles. The fourth-order valence-corrected chi connectivity index (χ4v) is 2.88. The molecular formula is C19H20N2O2S. The first-order valence-electron chi connectivity index (χ1n) is 7.74. The predicted octanol–water partition coefficient (Wildman–Crippen LogP) is 4.65. The van der Waals surface area contributed by atoms with E-state index >= 15 is 0 Å². The van der Waals surface area contributed by atoms with Crippen LogP contribution in [0.3, 0.4) is 0 Å². The molecule has 0 aliphatic rings. The summed E-state index contributed by atoms with van der Waals surface area (Å²) in [4.78, 5) is 4.21. The molecule has 3 aromatic rings. The van der Waals surface area contributed by atoms with Crippen LogP contribution in [0.15, 0.2) is 54.0 Å². The lowest BCUT2D eigenvalue weighted by Crippen LogP contribution is -2.02. The summed E-state index contributed by atoms with van der Waals surface area (Å²) in [6.45, 7) is 3.31. The first-order chi connectivity index (χ1) is 11.8. The molecule has 0 aliphatic carbocycles. The monoisotopic (exact) mass is 340 g/mol. The van der Waals surface area contributed by atoms with Crippen LogP contribution in [0.25, 0.3) is 0 Å². The van der Waals surface area contributed by atoms with E-state index in [9.17, 15) is 0 Å². The Bertz CT molecular complexity index is 788. The van der Waals surface area contributed by atoms with Crippen molar-refractivity contribution in [1.82, 2.24) is 4.98 Å². The summed E-state index contributed by atoms with van der Waals surface area (Å²) < 4.78 is 11.4. The van der Waals surface area contributed by atoms with Gasteiger partial charge in [-0.2, -0.15) is 0 Å². The zero-order valence-electron chi connectivity index (χ0n) is 13.8. The number of aromatic nitrogens is 1. The molecule has 0 saturated heterocycles. The second-order valence-electron chi connectivity index (χ2n) is 5.39. The van der Waals surface area contributed by atoms with Gasteiger partial charge in [0.2, 0.25) is 0 Å². The molecule has 24 heavy (non-hydrogen) atoms. The zero-order valence-corrected chi connectivity index (χ0v) is 14.6. The van der Waals surface area contributed by atoms with Gasteiger partial charge < -0.3 is 14.8 Å². The molecule has 0 atom stereocenters. The largest absolute Gasteiger partial charge is 0.493 e. The summed E-state index contributed by atoms with van der Waals surface area (Å²) >= 11 is 1.58. The van der Waals surface area contributed by atoms with Crippen LogP contribution >= 0.6 is 11.3 Å². The molecular weight excluding hydrogens is 320 g/mol. The van der Waals surface area contributed by atoms with Crippen molar-refractivity contribution in [2.45, 2.75) is 20.1 Å². The van der Waals surface area contributed by atoms with Gasteiger partial charge in [-0.05, 0) is 35.7 Å². The van der Waals surface area contributed by atoms with Gasteiger partial charge in [-0.3, -0.25) is 0 Å². The minimum Gasteiger partial charge on any atom is -0.493 e. The number of thiazole rings is 1. The van der Waals surface area contributed by atoms with Gasteiger partial charge in [0.15, 0.2) is 16.6 Å². The third-order valence-electron chi connectivity index (χ3n) is 3.75. The van der Waals surface area contributed by atoms with Crippen molar-refractivity contribution < 1.29 is 9.47 Å². The molecule has 0 amide bonds. The Labute approximate surface area is 146 Å². The van der Waals surface area contributed by atoms with Crippen molar-refractivity contribution in [3.63, 3.8) is 0 Å². The van der Waals surface area contributed by atoms with Crippen LogP contribution < -0.4 is 14.8 Å². The van der Waals surface area contributed by atoms with Crippen LogP contribution in [0.2, 0.25) is 0 Å². The topological polar surface area (TPSA) is 43.4 Å². The number of nitrogens with one attached hydrogen (secondary N) is 1.